The summed E-state index contributed by atoms with van der Waals surface area (Å²) in [6.45, 7) is 6.32. The smallest absolute Gasteiger partial charge is 0.332 e. The minimum atomic E-state index is -0.506. The van der Waals surface area contributed by atoms with Crippen molar-refractivity contribution in [3.63, 3.8) is 0 Å². The third-order valence-corrected chi connectivity index (χ3v) is 5.06. The summed E-state index contributed by atoms with van der Waals surface area (Å²) >= 11 is 0. The molecule has 1 atom stereocenters. The topological polar surface area (TPSA) is 106 Å². The lowest BCUT2D eigenvalue weighted by Gasteiger charge is -2.40. The molecule has 10 heteroatoms. The monoisotopic (exact) mass is 439 g/mol. The second kappa shape index (κ2) is 12.4. The van der Waals surface area contributed by atoms with Crippen LogP contribution in [0.3, 0.4) is 0 Å². The summed E-state index contributed by atoms with van der Waals surface area (Å²) in [5.41, 5.74) is 0. The van der Waals surface area contributed by atoms with Crippen molar-refractivity contribution in [3.05, 3.63) is 12.2 Å². The molecule has 10 nitrogen and oxygen atoms in total. The number of hydrogen-bond acceptors (Lipinski definition) is 8. The molecule has 0 aromatic carbocycles. The molecule has 1 unspecified atom stereocenters. The van der Waals surface area contributed by atoms with Crippen LogP contribution in [0.25, 0.3) is 0 Å². The summed E-state index contributed by atoms with van der Waals surface area (Å²) in [5.74, 6) is -0.771. The van der Waals surface area contributed by atoms with Gasteiger partial charge in [0, 0.05) is 52.3 Å². The van der Waals surface area contributed by atoms with E-state index < -0.39 is 5.97 Å². The summed E-state index contributed by atoms with van der Waals surface area (Å²) in [6, 6.07) is -0.333. The van der Waals surface area contributed by atoms with E-state index >= 15 is 0 Å². The summed E-state index contributed by atoms with van der Waals surface area (Å²) in [7, 11) is 1.40. The Morgan fingerprint density at radius 3 is 2.58 bits per heavy atom. The summed E-state index contributed by atoms with van der Waals surface area (Å²) < 4.78 is 15.3. The van der Waals surface area contributed by atoms with Crippen molar-refractivity contribution >= 4 is 23.8 Å². The lowest BCUT2D eigenvalue weighted by molar-refractivity contribution is -0.153. The maximum Gasteiger partial charge on any atom is 0.332 e. The summed E-state index contributed by atoms with van der Waals surface area (Å²) in [6.07, 6.45) is 3.50. The van der Waals surface area contributed by atoms with E-state index in [2.05, 4.69) is 0 Å². The van der Waals surface area contributed by atoms with Crippen molar-refractivity contribution in [3.8, 4) is 0 Å². The number of ether oxygens (including phenoxy) is 3. The predicted octanol–water partition coefficient (Wildman–Crippen LogP) is -0.323. The van der Waals surface area contributed by atoms with Gasteiger partial charge in [0.2, 0.25) is 11.8 Å². The SMILES string of the molecule is COCC(=O)OCC1CN(C(=O)CCN2CC=CC2=O)CCN1CC(=O)OCC(C)C. The van der Waals surface area contributed by atoms with Gasteiger partial charge in [-0.3, -0.25) is 19.3 Å². The van der Waals surface area contributed by atoms with Crippen molar-refractivity contribution < 1.29 is 33.4 Å². The molecule has 2 aliphatic heterocycles. The zero-order valence-corrected chi connectivity index (χ0v) is 18.6. The van der Waals surface area contributed by atoms with Crippen LogP contribution in [0, 0.1) is 5.92 Å². The van der Waals surface area contributed by atoms with E-state index in [1.807, 2.05) is 18.7 Å². The van der Waals surface area contributed by atoms with Crippen LogP contribution >= 0.6 is 0 Å². The number of carbonyl (C=O) groups excluding carboxylic acids is 4. The number of methoxy groups -OCH3 is 1. The molecule has 2 heterocycles. The molecule has 2 amide bonds. The molecular weight excluding hydrogens is 406 g/mol. The lowest BCUT2D eigenvalue weighted by atomic mass is 10.1. The molecule has 0 N–H and O–H groups in total. The molecule has 174 valence electrons. The first-order chi connectivity index (χ1) is 14.8. The highest BCUT2D eigenvalue weighted by atomic mass is 16.6. The second-order valence-electron chi connectivity index (χ2n) is 8.09. The molecule has 31 heavy (non-hydrogen) atoms. The van der Waals surface area contributed by atoms with Gasteiger partial charge >= 0.3 is 11.9 Å². The average molecular weight is 440 g/mol. The van der Waals surface area contributed by atoms with E-state index in [4.69, 9.17) is 14.2 Å². The van der Waals surface area contributed by atoms with Crippen LogP contribution in [-0.2, 0) is 33.4 Å². The number of amides is 2. The van der Waals surface area contributed by atoms with Crippen molar-refractivity contribution in [2.75, 3.05) is 66.2 Å². The first-order valence-electron chi connectivity index (χ1n) is 10.6. The minimum absolute atomic E-state index is 0.0396. The number of piperazine rings is 1. The molecule has 0 radical (unpaired) electrons. The Balaban J connectivity index is 1.91. The van der Waals surface area contributed by atoms with Gasteiger partial charge < -0.3 is 24.0 Å². The Morgan fingerprint density at radius 1 is 1.16 bits per heavy atom. The number of carbonyl (C=O) groups is 4. The molecule has 1 fully saturated rings. The Bertz CT molecular complexity index is 680. The van der Waals surface area contributed by atoms with Gasteiger partial charge in [-0.2, -0.15) is 0 Å². The Morgan fingerprint density at radius 2 is 1.94 bits per heavy atom. The first kappa shape index (κ1) is 24.8. The van der Waals surface area contributed by atoms with Gasteiger partial charge in [-0.15, -0.1) is 0 Å². The van der Waals surface area contributed by atoms with Crippen LogP contribution in [0.4, 0.5) is 0 Å². The summed E-state index contributed by atoms with van der Waals surface area (Å²) in [5, 5.41) is 0. The number of hydrogen-bond donors (Lipinski definition) is 0. The second-order valence-corrected chi connectivity index (χ2v) is 8.09. The highest BCUT2D eigenvalue weighted by molar-refractivity contribution is 5.90. The Hall–Kier alpha value is -2.46. The molecule has 0 bridgehead atoms. The van der Waals surface area contributed by atoms with E-state index in [-0.39, 0.29) is 55.9 Å². The zero-order chi connectivity index (χ0) is 22.8. The number of rotatable bonds is 11. The van der Waals surface area contributed by atoms with Gasteiger partial charge in [-0.1, -0.05) is 19.9 Å². The Kier molecular flexibility index (Phi) is 9.93. The maximum absolute atomic E-state index is 12.7. The molecule has 0 aromatic rings. The molecule has 0 aromatic heterocycles. The number of nitrogens with zero attached hydrogens (tertiary/aromatic N) is 3. The van der Waals surface area contributed by atoms with E-state index in [0.717, 1.165) is 0 Å². The fourth-order valence-electron chi connectivity index (χ4n) is 3.37. The fraction of sp³-hybridized carbons (Fsp3) is 0.714. The third kappa shape index (κ3) is 8.29. The van der Waals surface area contributed by atoms with Gasteiger partial charge in [-0.05, 0) is 5.92 Å². The highest BCUT2D eigenvalue weighted by Crippen LogP contribution is 2.13. The minimum Gasteiger partial charge on any atom is -0.464 e. The van der Waals surface area contributed by atoms with Crippen molar-refractivity contribution in [1.82, 2.24) is 14.7 Å². The molecular formula is C21H33N3O7. The fourth-order valence-corrected chi connectivity index (χ4v) is 3.37. The lowest BCUT2D eigenvalue weighted by Crippen LogP contribution is -2.58. The van der Waals surface area contributed by atoms with Crippen LogP contribution in [-0.4, -0.2) is 111 Å². The molecule has 0 spiro atoms. The van der Waals surface area contributed by atoms with Crippen LogP contribution < -0.4 is 0 Å². The summed E-state index contributed by atoms with van der Waals surface area (Å²) in [4.78, 5) is 53.4. The maximum atomic E-state index is 12.7. The van der Waals surface area contributed by atoms with Gasteiger partial charge in [0.1, 0.15) is 13.2 Å². The van der Waals surface area contributed by atoms with E-state index in [1.165, 1.54) is 13.2 Å². The largest absolute Gasteiger partial charge is 0.464 e. The van der Waals surface area contributed by atoms with Crippen LogP contribution in [0.15, 0.2) is 12.2 Å². The van der Waals surface area contributed by atoms with E-state index in [9.17, 15) is 19.2 Å². The quantitative estimate of drug-likeness (QED) is 0.403. The molecule has 2 aliphatic rings. The van der Waals surface area contributed by atoms with Gasteiger partial charge in [0.25, 0.3) is 0 Å². The van der Waals surface area contributed by atoms with Gasteiger partial charge in [0.05, 0.1) is 19.2 Å². The van der Waals surface area contributed by atoms with Gasteiger partial charge in [-0.25, -0.2) is 4.79 Å². The van der Waals surface area contributed by atoms with Crippen molar-refractivity contribution in [2.24, 2.45) is 5.92 Å². The first-order valence-corrected chi connectivity index (χ1v) is 10.6. The predicted molar refractivity (Wildman–Crippen MR) is 111 cm³/mol. The van der Waals surface area contributed by atoms with Crippen molar-refractivity contribution in [2.45, 2.75) is 26.3 Å². The third-order valence-electron chi connectivity index (χ3n) is 5.06. The molecule has 2 rings (SSSR count). The molecule has 0 aliphatic carbocycles. The van der Waals surface area contributed by atoms with Gasteiger partial charge in [0.15, 0.2) is 0 Å². The van der Waals surface area contributed by atoms with Crippen molar-refractivity contribution in [1.29, 1.82) is 0 Å². The highest BCUT2D eigenvalue weighted by Gasteiger charge is 2.32. The standard InChI is InChI=1S/C21H33N3O7/c1-16(2)13-30-20(27)12-23-9-10-24(11-17(23)14-31-21(28)15-29-3)19(26)6-8-22-7-4-5-18(22)25/h4-5,16-17H,6-15H2,1-3H3. The van der Waals surface area contributed by atoms with E-state index in [1.54, 1.807) is 15.9 Å². The molecule has 1 saturated heterocycles. The van der Waals surface area contributed by atoms with Crippen LogP contribution in [0.1, 0.15) is 20.3 Å². The normalized spacial score (nSPS) is 19.2. The zero-order valence-electron chi connectivity index (χ0n) is 18.6. The van der Waals surface area contributed by atoms with Crippen LogP contribution in [0.2, 0.25) is 0 Å². The average Bonchev–Trinajstić information content (AvgIpc) is 3.14. The Labute approximate surface area is 183 Å². The number of esters is 2. The molecule has 0 saturated carbocycles. The van der Waals surface area contributed by atoms with E-state index in [0.29, 0.717) is 39.3 Å². The van der Waals surface area contributed by atoms with Crippen LogP contribution in [0.5, 0.6) is 0 Å².